The minimum absolute atomic E-state index is 0. The molecule has 136 valence electrons. The Morgan fingerprint density at radius 3 is 2.76 bits per heavy atom. The molecule has 0 saturated carbocycles. The molecule has 0 unspecified atom stereocenters. The number of fused-ring (bicyclic) bond motifs is 1. The fraction of sp³-hybridized carbons (Fsp3) is 0.389. The van der Waals surface area contributed by atoms with Crippen molar-refractivity contribution in [3.63, 3.8) is 0 Å². The van der Waals surface area contributed by atoms with Crippen LogP contribution >= 0.6 is 35.3 Å². The third-order valence-corrected chi connectivity index (χ3v) is 4.68. The number of aliphatic imine (C=N–C) groups is 1. The first-order valence-electron chi connectivity index (χ1n) is 8.20. The van der Waals surface area contributed by atoms with E-state index in [1.54, 1.807) is 18.4 Å². The van der Waals surface area contributed by atoms with Gasteiger partial charge in [-0.05, 0) is 35.6 Å². The highest BCUT2D eigenvalue weighted by Crippen LogP contribution is 2.30. The van der Waals surface area contributed by atoms with Crippen molar-refractivity contribution in [1.82, 2.24) is 10.6 Å². The van der Waals surface area contributed by atoms with Crippen molar-refractivity contribution in [1.29, 1.82) is 0 Å². The maximum absolute atomic E-state index is 5.73. The van der Waals surface area contributed by atoms with Crippen molar-refractivity contribution in [2.45, 2.75) is 19.4 Å². The van der Waals surface area contributed by atoms with Crippen LogP contribution in [0, 0.1) is 0 Å². The van der Waals surface area contributed by atoms with Crippen LogP contribution in [0.5, 0.6) is 11.5 Å². The van der Waals surface area contributed by atoms with E-state index in [2.05, 4.69) is 39.2 Å². The molecule has 0 bridgehead atoms. The average molecular weight is 473 g/mol. The quantitative estimate of drug-likeness (QED) is 0.397. The van der Waals surface area contributed by atoms with Gasteiger partial charge in [0, 0.05) is 31.4 Å². The molecule has 1 aliphatic rings. The van der Waals surface area contributed by atoms with Crippen LogP contribution < -0.4 is 20.1 Å². The van der Waals surface area contributed by atoms with E-state index < -0.39 is 0 Å². The van der Waals surface area contributed by atoms with Crippen molar-refractivity contribution in [3.05, 3.63) is 46.2 Å². The highest BCUT2D eigenvalue weighted by molar-refractivity contribution is 14.0. The topological polar surface area (TPSA) is 54.9 Å². The van der Waals surface area contributed by atoms with E-state index in [-0.39, 0.29) is 24.0 Å². The summed E-state index contributed by atoms with van der Waals surface area (Å²) in [7, 11) is 1.79. The molecule has 0 aliphatic carbocycles. The zero-order chi connectivity index (χ0) is 16.6. The van der Waals surface area contributed by atoms with Crippen LogP contribution in [-0.4, -0.2) is 32.8 Å². The lowest BCUT2D eigenvalue weighted by Crippen LogP contribution is -2.37. The number of nitrogens with one attached hydrogen (secondary N) is 2. The summed E-state index contributed by atoms with van der Waals surface area (Å²) in [6.07, 6.45) is 1.92. The molecule has 1 aliphatic heterocycles. The highest BCUT2D eigenvalue weighted by atomic mass is 127. The van der Waals surface area contributed by atoms with E-state index >= 15 is 0 Å². The molecule has 0 spiro atoms. The number of guanidine groups is 1. The number of benzene rings is 1. The normalized spacial score (nSPS) is 13.6. The molecular formula is C18H24IN3O2S. The van der Waals surface area contributed by atoms with Gasteiger partial charge >= 0.3 is 0 Å². The van der Waals surface area contributed by atoms with E-state index in [4.69, 9.17) is 9.47 Å². The fourth-order valence-electron chi connectivity index (χ4n) is 2.48. The first kappa shape index (κ1) is 19.8. The van der Waals surface area contributed by atoms with E-state index in [0.29, 0.717) is 19.8 Å². The zero-order valence-electron chi connectivity index (χ0n) is 14.3. The Morgan fingerprint density at radius 2 is 2.00 bits per heavy atom. The Bertz CT molecular complexity index is 677. The Morgan fingerprint density at radius 1 is 1.16 bits per heavy atom. The van der Waals surface area contributed by atoms with E-state index in [1.165, 1.54) is 4.88 Å². The number of hydrogen-bond acceptors (Lipinski definition) is 4. The van der Waals surface area contributed by atoms with E-state index in [9.17, 15) is 0 Å². The lowest BCUT2D eigenvalue weighted by atomic mass is 10.2. The van der Waals surface area contributed by atoms with Crippen molar-refractivity contribution >= 4 is 41.3 Å². The Balaban J connectivity index is 0.00000225. The molecule has 0 fully saturated rings. The molecule has 25 heavy (non-hydrogen) atoms. The SMILES string of the molecule is CN=C(NCCc1cccs1)NCc1ccc2c(c1)OCCCO2.I. The molecular weight excluding hydrogens is 449 g/mol. The molecule has 7 heteroatoms. The van der Waals surface area contributed by atoms with Crippen LogP contribution in [0.3, 0.4) is 0 Å². The molecule has 2 heterocycles. The van der Waals surface area contributed by atoms with Gasteiger partial charge in [0.15, 0.2) is 17.5 Å². The first-order chi connectivity index (χ1) is 11.8. The third kappa shape index (κ3) is 6.07. The van der Waals surface area contributed by atoms with Crippen molar-refractivity contribution < 1.29 is 9.47 Å². The molecule has 1 aromatic heterocycles. The number of rotatable bonds is 5. The maximum Gasteiger partial charge on any atom is 0.191 e. The van der Waals surface area contributed by atoms with Gasteiger partial charge in [-0.15, -0.1) is 35.3 Å². The van der Waals surface area contributed by atoms with Gasteiger partial charge in [0.25, 0.3) is 0 Å². The Labute approximate surface area is 169 Å². The number of ether oxygens (including phenoxy) is 2. The standard InChI is InChI=1S/C18H23N3O2S.HI/c1-19-18(20-8-7-15-4-2-11-24-15)21-13-14-5-6-16-17(12-14)23-10-3-9-22-16;/h2,4-6,11-12H,3,7-10,13H2,1H3,(H2,19,20,21);1H. The summed E-state index contributed by atoms with van der Waals surface area (Å²) in [6, 6.07) is 10.3. The average Bonchev–Trinajstić information content (AvgIpc) is 3.01. The van der Waals surface area contributed by atoms with Crippen LogP contribution in [-0.2, 0) is 13.0 Å². The molecule has 3 rings (SSSR count). The lowest BCUT2D eigenvalue weighted by molar-refractivity contribution is 0.297. The second-order valence-electron chi connectivity index (χ2n) is 5.51. The summed E-state index contributed by atoms with van der Waals surface area (Å²) in [5, 5.41) is 8.78. The summed E-state index contributed by atoms with van der Waals surface area (Å²) < 4.78 is 11.4. The first-order valence-corrected chi connectivity index (χ1v) is 9.08. The van der Waals surface area contributed by atoms with Crippen molar-refractivity contribution in [2.24, 2.45) is 4.99 Å². The number of nitrogens with zero attached hydrogens (tertiary/aromatic N) is 1. The van der Waals surface area contributed by atoms with Crippen LogP contribution in [0.25, 0.3) is 0 Å². The minimum atomic E-state index is 0. The lowest BCUT2D eigenvalue weighted by Gasteiger charge is -2.13. The molecule has 1 aromatic carbocycles. The van der Waals surface area contributed by atoms with Crippen molar-refractivity contribution in [3.8, 4) is 11.5 Å². The molecule has 0 atom stereocenters. The summed E-state index contributed by atoms with van der Waals surface area (Å²) in [6.45, 7) is 2.97. The largest absolute Gasteiger partial charge is 0.490 e. The van der Waals surface area contributed by atoms with E-state index in [1.807, 2.05) is 12.1 Å². The monoisotopic (exact) mass is 473 g/mol. The Hall–Kier alpha value is -1.48. The van der Waals surface area contributed by atoms with Gasteiger partial charge in [0.2, 0.25) is 0 Å². The number of halogens is 1. The smallest absolute Gasteiger partial charge is 0.191 e. The van der Waals surface area contributed by atoms with Gasteiger partial charge in [0.1, 0.15) is 0 Å². The Kier molecular flexibility index (Phi) is 8.33. The van der Waals surface area contributed by atoms with Gasteiger partial charge in [0.05, 0.1) is 13.2 Å². The molecule has 0 saturated heterocycles. The number of hydrogen-bond donors (Lipinski definition) is 2. The predicted octanol–water partition coefficient (Wildman–Crippen LogP) is 3.44. The van der Waals surface area contributed by atoms with Crippen LogP contribution in [0.2, 0.25) is 0 Å². The molecule has 2 N–H and O–H groups in total. The van der Waals surface area contributed by atoms with Gasteiger partial charge in [-0.1, -0.05) is 12.1 Å². The van der Waals surface area contributed by atoms with Crippen LogP contribution in [0.15, 0.2) is 40.7 Å². The second-order valence-corrected chi connectivity index (χ2v) is 6.55. The fourth-order valence-corrected chi connectivity index (χ4v) is 3.19. The van der Waals surface area contributed by atoms with Gasteiger partial charge < -0.3 is 20.1 Å². The summed E-state index contributed by atoms with van der Waals surface area (Å²) in [4.78, 5) is 5.64. The third-order valence-electron chi connectivity index (χ3n) is 3.74. The van der Waals surface area contributed by atoms with Gasteiger partial charge in [-0.25, -0.2) is 0 Å². The molecule has 0 radical (unpaired) electrons. The van der Waals surface area contributed by atoms with Crippen LogP contribution in [0.1, 0.15) is 16.9 Å². The molecule has 2 aromatic rings. The molecule has 0 amide bonds. The predicted molar refractivity (Wildman–Crippen MR) is 114 cm³/mol. The summed E-state index contributed by atoms with van der Waals surface area (Å²) in [5.74, 6) is 2.46. The van der Waals surface area contributed by atoms with E-state index in [0.717, 1.165) is 42.4 Å². The van der Waals surface area contributed by atoms with Crippen molar-refractivity contribution in [2.75, 3.05) is 26.8 Å². The summed E-state index contributed by atoms with van der Waals surface area (Å²) in [5.41, 5.74) is 1.14. The van der Waals surface area contributed by atoms with Crippen LogP contribution in [0.4, 0.5) is 0 Å². The maximum atomic E-state index is 5.73. The van der Waals surface area contributed by atoms with Gasteiger partial charge in [-0.3, -0.25) is 4.99 Å². The number of thiophene rings is 1. The highest BCUT2D eigenvalue weighted by Gasteiger charge is 2.10. The zero-order valence-corrected chi connectivity index (χ0v) is 17.4. The molecule has 5 nitrogen and oxygen atoms in total. The summed E-state index contributed by atoms with van der Waals surface area (Å²) >= 11 is 1.78. The second kappa shape index (κ2) is 10.5. The van der Waals surface area contributed by atoms with Gasteiger partial charge in [-0.2, -0.15) is 0 Å². The minimum Gasteiger partial charge on any atom is -0.490 e.